The zero-order valence-electron chi connectivity index (χ0n) is 9.38. The van der Waals surface area contributed by atoms with E-state index in [1.54, 1.807) is 5.56 Å². The van der Waals surface area contributed by atoms with E-state index in [1.165, 1.54) is 36.6 Å². The molecular weight excluding hydrogens is 248 g/mol. The van der Waals surface area contributed by atoms with Crippen LogP contribution in [0.15, 0.2) is 24.3 Å². The first kappa shape index (κ1) is 11.2. The van der Waals surface area contributed by atoms with E-state index in [1.807, 2.05) is 0 Å². The van der Waals surface area contributed by atoms with Gasteiger partial charge in [-0.2, -0.15) is 0 Å². The SMILES string of the molecule is Cc1ccccc1C1CCC(CBr)CC1. The Balaban J connectivity index is 2.04. The molecule has 2 rings (SSSR count). The van der Waals surface area contributed by atoms with E-state index in [-0.39, 0.29) is 0 Å². The minimum absolute atomic E-state index is 0.821. The molecule has 1 aliphatic carbocycles. The fourth-order valence-electron chi connectivity index (χ4n) is 2.67. The molecule has 0 aliphatic heterocycles. The van der Waals surface area contributed by atoms with Crippen molar-refractivity contribution in [2.24, 2.45) is 5.92 Å². The quantitative estimate of drug-likeness (QED) is 0.683. The van der Waals surface area contributed by atoms with Gasteiger partial charge in [0.05, 0.1) is 0 Å². The zero-order chi connectivity index (χ0) is 10.7. The van der Waals surface area contributed by atoms with Crippen LogP contribution in [0.1, 0.15) is 42.7 Å². The van der Waals surface area contributed by atoms with Gasteiger partial charge in [-0.15, -0.1) is 0 Å². The van der Waals surface area contributed by atoms with Crippen molar-refractivity contribution in [1.29, 1.82) is 0 Å². The van der Waals surface area contributed by atoms with Gasteiger partial charge in [-0.1, -0.05) is 40.2 Å². The van der Waals surface area contributed by atoms with Crippen molar-refractivity contribution in [3.8, 4) is 0 Å². The Bertz CT molecular complexity index is 311. The van der Waals surface area contributed by atoms with E-state index in [0.29, 0.717) is 0 Å². The molecule has 0 aromatic heterocycles. The zero-order valence-corrected chi connectivity index (χ0v) is 11.0. The highest BCUT2D eigenvalue weighted by atomic mass is 79.9. The largest absolute Gasteiger partial charge is 0.0925 e. The molecule has 0 amide bonds. The third kappa shape index (κ3) is 2.63. The topological polar surface area (TPSA) is 0 Å². The Morgan fingerprint density at radius 3 is 2.40 bits per heavy atom. The van der Waals surface area contributed by atoms with Crippen LogP contribution in [0.5, 0.6) is 0 Å². The molecule has 15 heavy (non-hydrogen) atoms. The Morgan fingerprint density at radius 2 is 1.80 bits per heavy atom. The monoisotopic (exact) mass is 266 g/mol. The van der Waals surface area contributed by atoms with Gasteiger partial charge in [0.1, 0.15) is 0 Å². The molecule has 1 saturated carbocycles. The van der Waals surface area contributed by atoms with Crippen molar-refractivity contribution in [3.63, 3.8) is 0 Å². The molecule has 0 atom stereocenters. The standard InChI is InChI=1S/C14H19Br/c1-11-4-2-3-5-14(11)13-8-6-12(10-15)7-9-13/h2-5,12-13H,6-10H2,1H3. The molecule has 0 heterocycles. The van der Waals surface area contributed by atoms with E-state index in [9.17, 15) is 0 Å². The molecular formula is C14H19Br. The molecule has 1 heteroatoms. The molecule has 0 bridgehead atoms. The number of benzene rings is 1. The van der Waals surface area contributed by atoms with Crippen LogP contribution in [0.25, 0.3) is 0 Å². The molecule has 0 nitrogen and oxygen atoms in total. The number of hydrogen-bond donors (Lipinski definition) is 0. The lowest BCUT2D eigenvalue weighted by Crippen LogP contribution is -2.14. The fourth-order valence-corrected chi connectivity index (χ4v) is 3.32. The molecule has 82 valence electrons. The average Bonchev–Trinajstić information content (AvgIpc) is 2.30. The predicted molar refractivity (Wildman–Crippen MR) is 69.7 cm³/mol. The highest BCUT2D eigenvalue weighted by molar-refractivity contribution is 9.09. The van der Waals surface area contributed by atoms with Crippen molar-refractivity contribution in [2.75, 3.05) is 5.33 Å². The summed E-state index contributed by atoms with van der Waals surface area (Å²) in [5.74, 6) is 1.74. The summed E-state index contributed by atoms with van der Waals surface area (Å²) in [6.45, 7) is 2.24. The summed E-state index contributed by atoms with van der Waals surface area (Å²) in [5, 5.41) is 1.19. The Hall–Kier alpha value is -0.300. The normalized spacial score (nSPS) is 26.5. The summed E-state index contributed by atoms with van der Waals surface area (Å²) in [6, 6.07) is 8.88. The maximum absolute atomic E-state index is 3.60. The smallest absolute Gasteiger partial charge is 0.00596 e. The third-order valence-corrected chi connectivity index (χ3v) is 4.61. The van der Waals surface area contributed by atoms with E-state index in [0.717, 1.165) is 11.8 Å². The molecule has 0 radical (unpaired) electrons. The molecule has 0 unspecified atom stereocenters. The van der Waals surface area contributed by atoms with Gasteiger partial charge >= 0.3 is 0 Å². The molecule has 1 aromatic rings. The second kappa shape index (κ2) is 5.16. The summed E-state index contributed by atoms with van der Waals surface area (Å²) in [6.07, 6.45) is 5.54. The summed E-state index contributed by atoms with van der Waals surface area (Å²) in [5.41, 5.74) is 3.06. The van der Waals surface area contributed by atoms with Crippen LogP contribution in [-0.2, 0) is 0 Å². The minimum Gasteiger partial charge on any atom is -0.0925 e. The van der Waals surface area contributed by atoms with Gasteiger partial charge in [-0.25, -0.2) is 0 Å². The molecule has 1 fully saturated rings. The Kier molecular flexibility index (Phi) is 3.85. The summed E-state index contributed by atoms with van der Waals surface area (Å²) < 4.78 is 0. The van der Waals surface area contributed by atoms with E-state index >= 15 is 0 Å². The predicted octanol–water partition coefficient (Wildman–Crippen LogP) is 4.66. The number of rotatable bonds is 2. The van der Waals surface area contributed by atoms with Gasteiger partial charge in [0.25, 0.3) is 0 Å². The van der Waals surface area contributed by atoms with Crippen LogP contribution in [0.4, 0.5) is 0 Å². The maximum Gasteiger partial charge on any atom is 0.00596 e. The second-order valence-corrected chi connectivity index (χ2v) is 5.38. The summed E-state index contributed by atoms with van der Waals surface area (Å²) in [7, 11) is 0. The fraction of sp³-hybridized carbons (Fsp3) is 0.571. The summed E-state index contributed by atoms with van der Waals surface area (Å²) in [4.78, 5) is 0. The lowest BCUT2D eigenvalue weighted by molar-refractivity contribution is 0.353. The second-order valence-electron chi connectivity index (χ2n) is 4.73. The molecule has 1 aliphatic rings. The van der Waals surface area contributed by atoms with Crippen molar-refractivity contribution < 1.29 is 0 Å². The van der Waals surface area contributed by atoms with E-state index in [4.69, 9.17) is 0 Å². The van der Waals surface area contributed by atoms with Gasteiger partial charge in [-0.3, -0.25) is 0 Å². The van der Waals surface area contributed by atoms with Crippen molar-refractivity contribution >= 4 is 15.9 Å². The van der Waals surface area contributed by atoms with Crippen molar-refractivity contribution in [3.05, 3.63) is 35.4 Å². The van der Waals surface area contributed by atoms with Crippen molar-refractivity contribution in [2.45, 2.75) is 38.5 Å². The average molecular weight is 267 g/mol. The highest BCUT2D eigenvalue weighted by Crippen LogP contribution is 2.37. The third-order valence-electron chi connectivity index (χ3n) is 3.69. The first-order valence-corrected chi connectivity index (χ1v) is 7.05. The van der Waals surface area contributed by atoms with E-state index in [2.05, 4.69) is 47.1 Å². The Labute approximate surface area is 101 Å². The van der Waals surface area contributed by atoms with Gasteiger partial charge in [0, 0.05) is 5.33 Å². The number of alkyl halides is 1. The van der Waals surface area contributed by atoms with Gasteiger partial charge in [-0.05, 0) is 55.6 Å². The van der Waals surface area contributed by atoms with Crippen LogP contribution >= 0.6 is 15.9 Å². The minimum atomic E-state index is 0.821. The number of halogens is 1. The highest BCUT2D eigenvalue weighted by Gasteiger charge is 2.22. The van der Waals surface area contributed by atoms with Gasteiger partial charge < -0.3 is 0 Å². The van der Waals surface area contributed by atoms with Crippen LogP contribution in [0.3, 0.4) is 0 Å². The van der Waals surface area contributed by atoms with Crippen LogP contribution in [-0.4, -0.2) is 5.33 Å². The number of hydrogen-bond acceptors (Lipinski definition) is 0. The molecule has 0 N–H and O–H groups in total. The van der Waals surface area contributed by atoms with Crippen LogP contribution in [0.2, 0.25) is 0 Å². The van der Waals surface area contributed by atoms with Gasteiger partial charge in [0.2, 0.25) is 0 Å². The molecule has 0 spiro atoms. The first-order chi connectivity index (χ1) is 7.31. The number of aryl methyl sites for hydroxylation is 1. The molecule has 0 saturated heterocycles. The Morgan fingerprint density at radius 1 is 1.13 bits per heavy atom. The first-order valence-electron chi connectivity index (χ1n) is 5.92. The summed E-state index contributed by atoms with van der Waals surface area (Å²) >= 11 is 3.60. The maximum atomic E-state index is 3.60. The molecule has 1 aromatic carbocycles. The van der Waals surface area contributed by atoms with Crippen LogP contribution < -0.4 is 0 Å². The van der Waals surface area contributed by atoms with Gasteiger partial charge in [0.15, 0.2) is 0 Å². The van der Waals surface area contributed by atoms with E-state index < -0.39 is 0 Å². The van der Waals surface area contributed by atoms with Crippen LogP contribution in [0, 0.1) is 12.8 Å². The van der Waals surface area contributed by atoms with Crippen molar-refractivity contribution in [1.82, 2.24) is 0 Å². The lowest BCUT2D eigenvalue weighted by Gasteiger charge is -2.28. The lowest BCUT2D eigenvalue weighted by atomic mass is 9.78.